The number of hydrogen-bond donors (Lipinski definition) is 1. The molecule has 2 nitrogen and oxygen atoms in total. The van der Waals surface area contributed by atoms with E-state index in [1.54, 1.807) is 7.11 Å². The molecule has 1 aliphatic rings. The number of benzene rings is 1. The largest absolute Gasteiger partial charge is 0.497 e. The first-order valence-electron chi connectivity index (χ1n) is 6.16. The van der Waals surface area contributed by atoms with E-state index in [0.717, 1.165) is 10.2 Å². The standard InChI is InChI=1S/C14H20BrNO/c1-14(7-3-4-8-14)13(16)11-6-5-10(17-2)9-12(11)15/h5-6,9,13H,3-4,7-8,16H2,1-2H3. The van der Waals surface area contributed by atoms with Gasteiger partial charge >= 0.3 is 0 Å². The van der Waals surface area contributed by atoms with Gasteiger partial charge in [-0.25, -0.2) is 0 Å². The zero-order valence-corrected chi connectivity index (χ0v) is 12.1. The van der Waals surface area contributed by atoms with Gasteiger partial charge in [0.25, 0.3) is 0 Å². The molecule has 0 bridgehead atoms. The van der Waals surface area contributed by atoms with Gasteiger partial charge in [0.15, 0.2) is 0 Å². The third-order valence-corrected chi connectivity index (χ3v) is 4.73. The van der Waals surface area contributed by atoms with E-state index >= 15 is 0 Å². The first-order chi connectivity index (χ1) is 8.07. The lowest BCUT2D eigenvalue weighted by Gasteiger charge is -2.32. The summed E-state index contributed by atoms with van der Waals surface area (Å²) in [5.41, 5.74) is 7.89. The van der Waals surface area contributed by atoms with Crippen molar-refractivity contribution in [2.24, 2.45) is 11.1 Å². The monoisotopic (exact) mass is 297 g/mol. The fraction of sp³-hybridized carbons (Fsp3) is 0.571. The Balaban J connectivity index is 2.27. The molecule has 0 heterocycles. The van der Waals surface area contributed by atoms with Crippen LogP contribution in [0.2, 0.25) is 0 Å². The SMILES string of the molecule is COc1ccc(C(N)C2(C)CCCC2)c(Br)c1. The van der Waals surface area contributed by atoms with Gasteiger partial charge in [-0.3, -0.25) is 0 Å². The highest BCUT2D eigenvalue weighted by molar-refractivity contribution is 9.10. The lowest BCUT2D eigenvalue weighted by atomic mass is 9.78. The number of rotatable bonds is 3. The van der Waals surface area contributed by atoms with E-state index in [1.165, 1.54) is 31.2 Å². The molecule has 0 aliphatic heterocycles. The Kier molecular flexibility index (Phi) is 3.79. The van der Waals surface area contributed by atoms with Gasteiger partial charge in [0.1, 0.15) is 5.75 Å². The molecule has 1 saturated carbocycles. The van der Waals surface area contributed by atoms with Crippen LogP contribution in [0.5, 0.6) is 5.75 Å². The molecule has 94 valence electrons. The van der Waals surface area contributed by atoms with Gasteiger partial charge in [-0.1, -0.05) is 41.8 Å². The van der Waals surface area contributed by atoms with E-state index in [2.05, 4.69) is 28.9 Å². The van der Waals surface area contributed by atoms with Crippen LogP contribution in [0, 0.1) is 5.41 Å². The van der Waals surface area contributed by atoms with Crippen molar-refractivity contribution in [1.29, 1.82) is 0 Å². The van der Waals surface area contributed by atoms with Crippen LogP contribution in [0.3, 0.4) is 0 Å². The Morgan fingerprint density at radius 3 is 2.53 bits per heavy atom. The Hall–Kier alpha value is -0.540. The molecule has 1 unspecified atom stereocenters. The maximum absolute atomic E-state index is 6.46. The average Bonchev–Trinajstić information content (AvgIpc) is 2.76. The molecule has 2 N–H and O–H groups in total. The van der Waals surface area contributed by atoms with Crippen LogP contribution in [-0.2, 0) is 0 Å². The van der Waals surface area contributed by atoms with Gasteiger partial charge in [0.05, 0.1) is 7.11 Å². The molecule has 0 amide bonds. The van der Waals surface area contributed by atoms with Crippen molar-refractivity contribution in [2.75, 3.05) is 7.11 Å². The molecular weight excluding hydrogens is 278 g/mol. The maximum Gasteiger partial charge on any atom is 0.120 e. The van der Waals surface area contributed by atoms with Gasteiger partial charge in [-0.05, 0) is 36.0 Å². The zero-order chi connectivity index (χ0) is 12.5. The van der Waals surface area contributed by atoms with Crippen molar-refractivity contribution in [3.63, 3.8) is 0 Å². The number of hydrogen-bond acceptors (Lipinski definition) is 2. The Morgan fingerprint density at radius 1 is 1.35 bits per heavy atom. The Bertz CT molecular complexity index is 399. The summed E-state index contributed by atoms with van der Waals surface area (Å²) in [5.74, 6) is 0.865. The molecule has 1 atom stereocenters. The summed E-state index contributed by atoms with van der Waals surface area (Å²) in [4.78, 5) is 0. The molecule has 1 aromatic carbocycles. The molecule has 0 aromatic heterocycles. The van der Waals surface area contributed by atoms with Crippen molar-refractivity contribution in [1.82, 2.24) is 0 Å². The molecule has 1 aliphatic carbocycles. The smallest absolute Gasteiger partial charge is 0.120 e. The Labute approximate surface area is 112 Å². The van der Waals surface area contributed by atoms with Crippen molar-refractivity contribution in [3.05, 3.63) is 28.2 Å². The van der Waals surface area contributed by atoms with E-state index in [-0.39, 0.29) is 11.5 Å². The summed E-state index contributed by atoms with van der Waals surface area (Å²) in [6.07, 6.45) is 5.06. The maximum atomic E-state index is 6.46. The van der Waals surface area contributed by atoms with Crippen molar-refractivity contribution >= 4 is 15.9 Å². The summed E-state index contributed by atoms with van der Waals surface area (Å²) in [6, 6.07) is 6.16. The first kappa shape index (κ1) is 12.9. The average molecular weight is 298 g/mol. The van der Waals surface area contributed by atoms with Crippen LogP contribution in [0.15, 0.2) is 22.7 Å². The predicted octanol–water partition coefficient (Wildman–Crippen LogP) is 4.04. The van der Waals surface area contributed by atoms with E-state index in [0.29, 0.717) is 0 Å². The van der Waals surface area contributed by atoms with E-state index < -0.39 is 0 Å². The molecular formula is C14H20BrNO. The highest BCUT2D eigenvalue weighted by Crippen LogP contribution is 2.47. The van der Waals surface area contributed by atoms with Crippen LogP contribution >= 0.6 is 15.9 Å². The molecule has 2 rings (SSSR count). The van der Waals surface area contributed by atoms with E-state index in [4.69, 9.17) is 10.5 Å². The Morgan fingerprint density at radius 2 is 2.00 bits per heavy atom. The number of halogens is 1. The summed E-state index contributed by atoms with van der Waals surface area (Å²) in [5, 5.41) is 0. The quantitative estimate of drug-likeness (QED) is 0.914. The first-order valence-corrected chi connectivity index (χ1v) is 6.95. The minimum absolute atomic E-state index is 0.102. The number of ether oxygens (including phenoxy) is 1. The summed E-state index contributed by atoms with van der Waals surface area (Å²) in [7, 11) is 1.68. The molecule has 0 saturated heterocycles. The molecule has 0 radical (unpaired) electrons. The summed E-state index contributed by atoms with van der Waals surface area (Å²) in [6.45, 7) is 2.31. The minimum atomic E-state index is 0.102. The van der Waals surface area contributed by atoms with Crippen molar-refractivity contribution in [2.45, 2.75) is 38.6 Å². The molecule has 3 heteroatoms. The van der Waals surface area contributed by atoms with Crippen LogP contribution in [0.25, 0.3) is 0 Å². The fourth-order valence-electron chi connectivity index (χ4n) is 2.76. The fourth-order valence-corrected chi connectivity index (χ4v) is 3.36. The molecule has 17 heavy (non-hydrogen) atoms. The van der Waals surface area contributed by atoms with Crippen LogP contribution < -0.4 is 10.5 Å². The van der Waals surface area contributed by atoms with Gasteiger partial charge in [-0.15, -0.1) is 0 Å². The van der Waals surface area contributed by atoms with Crippen molar-refractivity contribution in [3.8, 4) is 5.75 Å². The van der Waals surface area contributed by atoms with Gasteiger partial charge in [0.2, 0.25) is 0 Å². The third-order valence-electron chi connectivity index (χ3n) is 4.04. The second-order valence-corrected chi connectivity index (χ2v) is 6.08. The molecule has 1 aromatic rings. The normalized spacial score (nSPS) is 20.2. The number of methoxy groups -OCH3 is 1. The second-order valence-electron chi connectivity index (χ2n) is 5.23. The summed E-state index contributed by atoms with van der Waals surface area (Å²) >= 11 is 3.60. The highest BCUT2D eigenvalue weighted by Gasteiger charge is 2.36. The number of nitrogens with two attached hydrogens (primary N) is 1. The predicted molar refractivity (Wildman–Crippen MR) is 74.2 cm³/mol. The lowest BCUT2D eigenvalue weighted by Crippen LogP contribution is -2.29. The topological polar surface area (TPSA) is 35.2 Å². The van der Waals surface area contributed by atoms with E-state index in [1.807, 2.05) is 12.1 Å². The van der Waals surface area contributed by atoms with Gasteiger partial charge in [-0.2, -0.15) is 0 Å². The lowest BCUT2D eigenvalue weighted by molar-refractivity contribution is 0.264. The second kappa shape index (κ2) is 4.99. The van der Waals surface area contributed by atoms with Crippen LogP contribution in [-0.4, -0.2) is 7.11 Å². The molecule has 1 fully saturated rings. The minimum Gasteiger partial charge on any atom is -0.497 e. The van der Waals surface area contributed by atoms with E-state index in [9.17, 15) is 0 Å². The highest BCUT2D eigenvalue weighted by atomic mass is 79.9. The van der Waals surface area contributed by atoms with Crippen molar-refractivity contribution < 1.29 is 4.74 Å². The van der Waals surface area contributed by atoms with Crippen LogP contribution in [0.1, 0.15) is 44.2 Å². The van der Waals surface area contributed by atoms with Gasteiger partial charge < -0.3 is 10.5 Å². The van der Waals surface area contributed by atoms with Crippen LogP contribution in [0.4, 0.5) is 0 Å². The third kappa shape index (κ3) is 2.50. The molecule has 0 spiro atoms. The zero-order valence-electron chi connectivity index (χ0n) is 10.5. The van der Waals surface area contributed by atoms with Gasteiger partial charge in [0, 0.05) is 10.5 Å². The summed E-state index contributed by atoms with van der Waals surface area (Å²) < 4.78 is 6.26.